The number of nitrogens with two attached hydrogens (primary N) is 1. The van der Waals surface area contributed by atoms with Gasteiger partial charge in [0.05, 0.1) is 18.2 Å². The van der Waals surface area contributed by atoms with Gasteiger partial charge in [0.1, 0.15) is 17.5 Å². The molecule has 100 valence electrons. The van der Waals surface area contributed by atoms with Crippen LogP contribution in [0.1, 0.15) is 40.5 Å². The zero-order valence-corrected chi connectivity index (χ0v) is 11.9. The van der Waals surface area contributed by atoms with E-state index in [0.29, 0.717) is 6.42 Å². The molecule has 2 N–H and O–H groups in total. The van der Waals surface area contributed by atoms with E-state index in [1.165, 1.54) is 0 Å². The van der Waals surface area contributed by atoms with Gasteiger partial charge in [-0.1, -0.05) is 13.3 Å². The molecule has 0 aromatic rings. The van der Waals surface area contributed by atoms with Gasteiger partial charge in [-0.05, 0) is 27.2 Å². The summed E-state index contributed by atoms with van der Waals surface area (Å²) in [5, 5.41) is 28.2. The van der Waals surface area contributed by atoms with Gasteiger partial charge in [-0.3, -0.25) is 0 Å². The molecule has 0 saturated carbocycles. The fourth-order valence-electron chi connectivity index (χ4n) is 2.73. The smallest absolute Gasteiger partial charge is 0.201 e. The molecule has 1 aliphatic heterocycles. The van der Waals surface area contributed by atoms with E-state index in [9.17, 15) is 15.8 Å². The molecule has 0 bridgehead atoms. The van der Waals surface area contributed by atoms with Crippen molar-refractivity contribution >= 4 is 0 Å². The van der Waals surface area contributed by atoms with Gasteiger partial charge in [-0.2, -0.15) is 15.8 Å². The Labute approximate surface area is 114 Å². The Balaban J connectivity index is 3.55. The van der Waals surface area contributed by atoms with E-state index >= 15 is 0 Å². The van der Waals surface area contributed by atoms with Crippen molar-refractivity contribution in [1.82, 2.24) is 4.90 Å². The van der Waals surface area contributed by atoms with E-state index in [0.717, 1.165) is 6.42 Å². The van der Waals surface area contributed by atoms with E-state index < -0.39 is 5.41 Å². The highest BCUT2D eigenvalue weighted by atomic mass is 15.3. The van der Waals surface area contributed by atoms with Crippen LogP contribution in [-0.2, 0) is 0 Å². The lowest BCUT2D eigenvalue weighted by Crippen LogP contribution is -2.50. The summed E-state index contributed by atoms with van der Waals surface area (Å²) >= 11 is 0. The fraction of sp³-hybridized carbons (Fsp3) is 0.643. The molecule has 1 rings (SSSR count). The van der Waals surface area contributed by atoms with Crippen molar-refractivity contribution in [3.8, 4) is 18.2 Å². The summed E-state index contributed by atoms with van der Waals surface area (Å²) in [7, 11) is 0. The van der Waals surface area contributed by atoms with Crippen molar-refractivity contribution < 1.29 is 0 Å². The number of hydrogen-bond acceptors (Lipinski definition) is 5. The van der Waals surface area contributed by atoms with Crippen LogP contribution in [0.2, 0.25) is 0 Å². The highest BCUT2D eigenvalue weighted by Crippen LogP contribution is 2.46. The summed E-state index contributed by atoms with van der Waals surface area (Å²) in [6.07, 6.45) is 1.46. The van der Waals surface area contributed by atoms with Crippen LogP contribution in [0.4, 0.5) is 0 Å². The fourth-order valence-corrected chi connectivity index (χ4v) is 2.73. The molecule has 0 spiro atoms. The maximum Gasteiger partial charge on any atom is 0.201 e. The molecular weight excluding hydrogens is 238 g/mol. The average molecular weight is 257 g/mol. The molecule has 5 heteroatoms. The zero-order chi connectivity index (χ0) is 14.8. The van der Waals surface area contributed by atoms with Crippen LogP contribution in [0, 0.1) is 39.4 Å². The quantitative estimate of drug-likeness (QED) is 0.815. The molecule has 5 nitrogen and oxygen atoms in total. The second-order valence-corrected chi connectivity index (χ2v) is 5.75. The summed E-state index contributed by atoms with van der Waals surface area (Å²) in [4.78, 5) is 1.85. The van der Waals surface area contributed by atoms with Gasteiger partial charge in [-0.25, -0.2) is 0 Å². The van der Waals surface area contributed by atoms with Crippen LogP contribution in [0.15, 0.2) is 11.4 Å². The highest BCUT2D eigenvalue weighted by Gasteiger charge is 2.56. The molecule has 1 unspecified atom stereocenters. The van der Waals surface area contributed by atoms with Gasteiger partial charge >= 0.3 is 0 Å². The average Bonchev–Trinajstić information content (AvgIpc) is 2.57. The van der Waals surface area contributed by atoms with Gasteiger partial charge in [-0.15, -0.1) is 0 Å². The maximum absolute atomic E-state index is 9.48. The molecule has 0 saturated heterocycles. The standard InChI is InChI=1S/C14H19N5/c1-5-6-11-14(8-16,9-17)10(7-15)12(18)19(11)13(2,3)4/h11H,5-6,18H2,1-4H3. The van der Waals surface area contributed by atoms with Crippen molar-refractivity contribution in [3.63, 3.8) is 0 Å². The van der Waals surface area contributed by atoms with Crippen LogP contribution in [0.3, 0.4) is 0 Å². The molecule has 1 aliphatic rings. The third kappa shape index (κ3) is 2.00. The Morgan fingerprint density at radius 3 is 2.11 bits per heavy atom. The molecule has 0 aromatic carbocycles. The van der Waals surface area contributed by atoms with E-state index in [1.807, 2.05) is 50.8 Å². The second kappa shape index (κ2) is 4.82. The van der Waals surface area contributed by atoms with Gasteiger partial charge in [0.2, 0.25) is 5.41 Å². The summed E-state index contributed by atoms with van der Waals surface area (Å²) < 4.78 is 0. The lowest BCUT2D eigenvalue weighted by Gasteiger charge is -2.41. The molecule has 0 amide bonds. The van der Waals surface area contributed by atoms with Crippen molar-refractivity contribution in [2.75, 3.05) is 0 Å². The van der Waals surface area contributed by atoms with Gasteiger partial charge in [0.15, 0.2) is 0 Å². The number of rotatable bonds is 2. The van der Waals surface area contributed by atoms with Crippen molar-refractivity contribution in [2.24, 2.45) is 11.1 Å². The van der Waals surface area contributed by atoms with Crippen molar-refractivity contribution in [1.29, 1.82) is 15.8 Å². The zero-order valence-electron chi connectivity index (χ0n) is 11.9. The molecule has 1 atom stereocenters. The molecule has 0 fully saturated rings. The Kier molecular flexibility index (Phi) is 3.78. The third-order valence-corrected chi connectivity index (χ3v) is 3.47. The number of nitrogens with zero attached hydrogens (tertiary/aromatic N) is 4. The molecule has 0 aliphatic carbocycles. The largest absolute Gasteiger partial charge is 0.384 e. The Bertz CT molecular complexity index is 504. The normalized spacial score (nSPS) is 21.7. The first-order valence-corrected chi connectivity index (χ1v) is 6.32. The lowest BCUT2D eigenvalue weighted by molar-refractivity contribution is 0.109. The summed E-state index contributed by atoms with van der Waals surface area (Å²) in [6, 6.07) is 5.66. The van der Waals surface area contributed by atoms with Gasteiger partial charge in [0, 0.05) is 5.54 Å². The van der Waals surface area contributed by atoms with E-state index in [1.54, 1.807) is 0 Å². The van der Waals surface area contributed by atoms with Crippen LogP contribution in [-0.4, -0.2) is 16.5 Å². The minimum Gasteiger partial charge on any atom is -0.384 e. The Morgan fingerprint density at radius 1 is 1.26 bits per heavy atom. The van der Waals surface area contributed by atoms with Crippen molar-refractivity contribution in [3.05, 3.63) is 11.4 Å². The third-order valence-electron chi connectivity index (χ3n) is 3.47. The first-order chi connectivity index (χ1) is 8.80. The highest BCUT2D eigenvalue weighted by molar-refractivity contribution is 5.51. The topological polar surface area (TPSA) is 101 Å². The molecule has 19 heavy (non-hydrogen) atoms. The summed E-state index contributed by atoms with van der Waals surface area (Å²) in [5.74, 6) is 0.261. The number of nitriles is 3. The lowest BCUT2D eigenvalue weighted by atomic mass is 9.76. The minimum atomic E-state index is -1.46. The van der Waals surface area contributed by atoms with Crippen molar-refractivity contribution in [2.45, 2.75) is 52.1 Å². The first kappa shape index (κ1) is 14.9. The molecule has 1 heterocycles. The second-order valence-electron chi connectivity index (χ2n) is 5.75. The Morgan fingerprint density at radius 2 is 1.79 bits per heavy atom. The SMILES string of the molecule is CCCC1N(C(C)(C)C)C(N)=C(C#N)C1(C#N)C#N. The minimum absolute atomic E-state index is 0.0888. The van der Waals surface area contributed by atoms with Gasteiger partial charge < -0.3 is 10.6 Å². The predicted molar refractivity (Wildman–Crippen MR) is 70.8 cm³/mol. The van der Waals surface area contributed by atoms with Crippen LogP contribution < -0.4 is 5.73 Å². The molecular formula is C14H19N5. The van der Waals surface area contributed by atoms with Crippen LogP contribution in [0.5, 0.6) is 0 Å². The van der Waals surface area contributed by atoms with E-state index in [4.69, 9.17) is 5.73 Å². The molecule has 0 radical (unpaired) electrons. The van der Waals surface area contributed by atoms with E-state index in [2.05, 4.69) is 0 Å². The monoisotopic (exact) mass is 257 g/mol. The molecule has 0 aromatic heterocycles. The van der Waals surface area contributed by atoms with Crippen LogP contribution in [0.25, 0.3) is 0 Å². The number of hydrogen-bond donors (Lipinski definition) is 1. The van der Waals surface area contributed by atoms with Gasteiger partial charge in [0.25, 0.3) is 0 Å². The first-order valence-electron chi connectivity index (χ1n) is 6.32. The summed E-state index contributed by atoms with van der Waals surface area (Å²) in [6.45, 7) is 7.87. The van der Waals surface area contributed by atoms with E-state index in [-0.39, 0.29) is 23.0 Å². The Hall–Kier alpha value is -2.19. The summed E-state index contributed by atoms with van der Waals surface area (Å²) in [5.41, 5.74) is 4.33. The maximum atomic E-state index is 9.48. The predicted octanol–water partition coefficient (Wildman–Crippen LogP) is 2.00. The van der Waals surface area contributed by atoms with Crippen LogP contribution >= 0.6 is 0 Å².